The van der Waals surface area contributed by atoms with Crippen LogP contribution in [0.15, 0.2) is 18.2 Å². The van der Waals surface area contributed by atoms with Crippen molar-refractivity contribution in [2.75, 3.05) is 19.8 Å². The zero-order valence-electron chi connectivity index (χ0n) is 9.12. The maximum absolute atomic E-state index is 13.4. The molecule has 0 saturated carbocycles. The van der Waals surface area contributed by atoms with Crippen LogP contribution in [0.2, 0.25) is 5.02 Å². The largest absolute Gasteiger partial charge is 0.483 e. The molecule has 1 aliphatic rings. The summed E-state index contributed by atoms with van der Waals surface area (Å²) in [6.45, 7) is 0.882. The normalized spacial score (nSPS) is 19.3. The van der Waals surface area contributed by atoms with Gasteiger partial charge in [-0.2, -0.15) is 0 Å². The van der Waals surface area contributed by atoms with E-state index in [1.165, 1.54) is 12.1 Å². The second kappa shape index (κ2) is 5.47. The highest BCUT2D eigenvalue weighted by atomic mass is 35.5. The van der Waals surface area contributed by atoms with E-state index in [2.05, 4.69) is 0 Å². The molecule has 1 aliphatic heterocycles. The Kier molecular flexibility index (Phi) is 3.97. The predicted octanol–water partition coefficient (Wildman–Crippen LogP) is 2.46. The molecule has 1 atom stereocenters. The van der Waals surface area contributed by atoms with Crippen molar-refractivity contribution in [3.05, 3.63) is 29.0 Å². The molecule has 5 heteroatoms. The van der Waals surface area contributed by atoms with Gasteiger partial charge >= 0.3 is 0 Å². The summed E-state index contributed by atoms with van der Waals surface area (Å²) in [7, 11) is 0. The minimum Gasteiger partial charge on any atom is -0.483 e. The summed E-state index contributed by atoms with van der Waals surface area (Å²) in [6, 6.07) is 4.44. The third kappa shape index (κ3) is 2.96. The molecule has 1 heterocycles. The van der Waals surface area contributed by atoms with Crippen LogP contribution >= 0.6 is 11.6 Å². The first-order valence-corrected chi connectivity index (χ1v) is 5.73. The van der Waals surface area contributed by atoms with Gasteiger partial charge in [-0.3, -0.25) is 4.79 Å². The van der Waals surface area contributed by atoms with Crippen molar-refractivity contribution in [3.63, 3.8) is 0 Å². The Morgan fingerprint density at radius 3 is 3.12 bits per heavy atom. The molecule has 0 spiro atoms. The number of rotatable bonds is 4. The van der Waals surface area contributed by atoms with E-state index >= 15 is 0 Å². The Labute approximate surface area is 103 Å². The van der Waals surface area contributed by atoms with E-state index in [0.29, 0.717) is 19.6 Å². The Bertz CT molecular complexity index is 416. The fourth-order valence-corrected chi connectivity index (χ4v) is 1.82. The van der Waals surface area contributed by atoms with Crippen LogP contribution in [0.5, 0.6) is 5.75 Å². The molecule has 0 bridgehead atoms. The van der Waals surface area contributed by atoms with E-state index in [0.717, 1.165) is 0 Å². The summed E-state index contributed by atoms with van der Waals surface area (Å²) in [4.78, 5) is 11.7. The first-order chi connectivity index (χ1) is 8.18. The molecule has 1 fully saturated rings. The van der Waals surface area contributed by atoms with Gasteiger partial charge in [-0.05, 0) is 18.6 Å². The molecule has 0 amide bonds. The van der Waals surface area contributed by atoms with Gasteiger partial charge in [-0.15, -0.1) is 0 Å². The number of halogens is 2. The number of ether oxygens (including phenoxy) is 2. The van der Waals surface area contributed by atoms with Crippen LogP contribution in [0.3, 0.4) is 0 Å². The smallest absolute Gasteiger partial charge is 0.183 e. The van der Waals surface area contributed by atoms with Gasteiger partial charge in [-0.1, -0.05) is 17.7 Å². The zero-order chi connectivity index (χ0) is 12.3. The Balaban J connectivity index is 1.93. The highest BCUT2D eigenvalue weighted by Crippen LogP contribution is 2.24. The number of hydrogen-bond acceptors (Lipinski definition) is 3. The number of benzene rings is 1. The summed E-state index contributed by atoms with van der Waals surface area (Å²) in [5, 5.41) is -0.0147. The first-order valence-electron chi connectivity index (χ1n) is 5.35. The lowest BCUT2D eigenvalue weighted by Crippen LogP contribution is -2.21. The maximum Gasteiger partial charge on any atom is 0.183 e. The second-order valence-corrected chi connectivity index (χ2v) is 4.27. The minimum absolute atomic E-state index is 0.00441. The Morgan fingerprint density at radius 2 is 2.41 bits per heavy atom. The molecule has 3 nitrogen and oxygen atoms in total. The van der Waals surface area contributed by atoms with Gasteiger partial charge in [-0.25, -0.2) is 4.39 Å². The lowest BCUT2D eigenvalue weighted by molar-refractivity contribution is -0.124. The fourth-order valence-electron chi connectivity index (χ4n) is 1.65. The van der Waals surface area contributed by atoms with Gasteiger partial charge in [0.1, 0.15) is 6.61 Å². The molecular weight excluding hydrogens is 247 g/mol. The van der Waals surface area contributed by atoms with E-state index < -0.39 is 5.82 Å². The molecule has 2 rings (SSSR count). The monoisotopic (exact) mass is 258 g/mol. The molecule has 0 aliphatic carbocycles. The predicted molar refractivity (Wildman–Crippen MR) is 60.8 cm³/mol. The molecule has 1 saturated heterocycles. The topological polar surface area (TPSA) is 35.5 Å². The van der Waals surface area contributed by atoms with Gasteiger partial charge in [0.15, 0.2) is 17.3 Å². The summed E-state index contributed by atoms with van der Waals surface area (Å²) < 4.78 is 23.7. The molecule has 1 unspecified atom stereocenters. The lowest BCUT2D eigenvalue weighted by atomic mass is 10.0. The maximum atomic E-state index is 13.4. The number of carbonyl (C=O) groups is 1. The fraction of sp³-hybridized carbons (Fsp3) is 0.417. The van der Waals surface area contributed by atoms with E-state index in [9.17, 15) is 9.18 Å². The van der Waals surface area contributed by atoms with E-state index in [1.807, 2.05) is 0 Å². The molecule has 0 radical (unpaired) electrons. The molecule has 17 heavy (non-hydrogen) atoms. The van der Waals surface area contributed by atoms with E-state index in [4.69, 9.17) is 21.1 Å². The van der Waals surface area contributed by atoms with Gasteiger partial charge in [0.05, 0.1) is 11.6 Å². The highest BCUT2D eigenvalue weighted by molar-refractivity contribution is 6.30. The number of Topliss-reactive ketones (excluding diaryl/α,β-unsaturated/α-hetero) is 1. The second-order valence-electron chi connectivity index (χ2n) is 3.87. The van der Waals surface area contributed by atoms with Crippen molar-refractivity contribution in [3.8, 4) is 5.75 Å². The summed E-state index contributed by atoms with van der Waals surface area (Å²) >= 11 is 5.60. The zero-order valence-corrected chi connectivity index (χ0v) is 9.87. The van der Waals surface area contributed by atoms with Crippen molar-refractivity contribution in [2.24, 2.45) is 5.92 Å². The molecule has 0 aromatic heterocycles. The average molecular weight is 259 g/mol. The van der Waals surface area contributed by atoms with Crippen molar-refractivity contribution in [1.29, 1.82) is 0 Å². The van der Waals surface area contributed by atoms with Crippen LogP contribution in [0, 0.1) is 11.7 Å². The quantitative estimate of drug-likeness (QED) is 0.832. The molecule has 1 aromatic carbocycles. The SMILES string of the molecule is O=C(COc1cccc(Cl)c1F)C1CCOC1. The lowest BCUT2D eigenvalue weighted by Gasteiger charge is -2.09. The van der Waals surface area contributed by atoms with Crippen molar-refractivity contribution >= 4 is 17.4 Å². The number of ketones is 1. The summed E-state index contributed by atoms with van der Waals surface area (Å²) in [5.74, 6) is -0.825. The van der Waals surface area contributed by atoms with Gasteiger partial charge < -0.3 is 9.47 Å². The van der Waals surface area contributed by atoms with Crippen LogP contribution in [0.4, 0.5) is 4.39 Å². The highest BCUT2D eigenvalue weighted by Gasteiger charge is 2.24. The standard InChI is InChI=1S/C12H12ClFO3/c13-9-2-1-3-11(12(9)14)17-7-10(15)8-4-5-16-6-8/h1-3,8H,4-7H2. The van der Waals surface area contributed by atoms with Crippen molar-refractivity contribution < 1.29 is 18.7 Å². The molecule has 0 N–H and O–H groups in total. The van der Waals surface area contributed by atoms with Crippen LogP contribution in [0.25, 0.3) is 0 Å². The minimum atomic E-state index is -0.635. The van der Waals surface area contributed by atoms with Crippen molar-refractivity contribution in [2.45, 2.75) is 6.42 Å². The average Bonchev–Trinajstić information content (AvgIpc) is 2.84. The van der Waals surface area contributed by atoms with Gasteiger partial charge in [0, 0.05) is 12.5 Å². The van der Waals surface area contributed by atoms with Crippen molar-refractivity contribution in [1.82, 2.24) is 0 Å². The van der Waals surface area contributed by atoms with Crippen LogP contribution < -0.4 is 4.74 Å². The number of carbonyl (C=O) groups excluding carboxylic acids is 1. The van der Waals surface area contributed by atoms with E-state index in [1.54, 1.807) is 6.07 Å². The molecular formula is C12H12ClFO3. The Morgan fingerprint density at radius 1 is 1.59 bits per heavy atom. The Hall–Kier alpha value is -1.13. The summed E-state index contributed by atoms with van der Waals surface area (Å²) in [5.41, 5.74) is 0. The third-order valence-electron chi connectivity index (χ3n) is 2.67. The van der Waals surface area contributed by atoms with E-state index in [-0.39, 0.29) is 29.1 Å². The summed E-state index contributed by atoms with van der Waals surface area (Å²) in [6.07, 6.45) is 0.709. The number of hydrogen-bond donors (Lipinski definition) is 0. The third-order valence-corrected chi connectivity index (χ3v) is 2.96. The van der Waals surface area contributed by atoms with Gasteiger partial charge in [0.2, 0.25) is 0 Å². The van der Waals surface area contributed by atoms with Crippen LogP contribution in [-0.2, 0) is 9.53 Å². The van der Waals surface area contributed by atoms with Crippen LogP contribution in [-0.4, -0.2) is 25.6 Å². The first kappa shape index (κ1) is 12.3. The van der Waals surface area contributed by atoms with Crippen LogP contribution in [0.1, 0.15) is 6.42 Å². The van der Waals surface area contributed by atoms with Gasteiger partial charge in [0.25, 0.3) is 0 Å². The molecule has 1 aromatic rings. The molecule has 92 valence electrons.